The minimum absolute atomic E-state index is 0.178. The Morgan fingerprint density at radius 1 is 1.44 bits per heavy atom. The van der Waals surface area contributed by atoms with Crippen LogP contribution in [0.25, 0.3) is 10.9 Å². The number of fused-ring (bicyclic) bond motifs is 1. The van der Waals surface area contributed by atoms with E-state index in [9.17, 15) is 4.79 Å². The fourth-order valence-corrected chi connectivity index (χ4v) is 1.64. The van der Waals surface area contributed by atoms with Gasteiger partial charge in [0.25, 0.3) is 0 Å². The highest BCUT2D eigenvalue weighted by Gasteiger charge is 2.19. The molecule has 1 heterocycles. The highest BCUT2D eigenvalue weighted by Crippen LogP contribution is 2.28. The van der Waals surface area contributed by atoms with Crippen LogP contribution >= 0.6 is 0 Å². The molecule has 0 spiro atoms. The third-order valence-corrected chi connectivity index (χ3v) is 2.71. The van der Waals surface area contributed by atoms with Crippen molar-refractivity contribution in [2.45, 2.75) is 12.8 Å². The Hall–Kier alpha value is -2.37. The van der Waals surface area contributed by atoms with E-state index in [1.165, 1.54) is 14.0 Å². The summed E-state index contributed by atoms with van der Waals surface area (Å²) in [5.41, 5.74) is 6.34. The summed E-state index contributed by atoms with van der Waals surface area (Å²) in [5.74, 6) is -0.843. The lowest BCUT2D eigenvalue weighted by molar-refractivity contribution is -0.138. The number of benzene rings is 1. The molecule has 18 heavy (non-hydrogen) atoms. The van der Waals surface area contributed by atoms with Crippen molar-refractivity contribution in [1.82, 2.24) is 9.97 Å². The number of nitrogens with zero attached hydrogens (tertiary/aromatic N) is 2. The summed E-state index contributed by atoms with van der Waals surface area (Å²) in [7, 11) is 1.52. The summed E-state index contributed by atoms with van der Waals surface area (Å²) < 4.78 is 5.18. The van der Waals surface area contributed by atoms with Gasteiger partial charge in [-0.3, -0.25) is 4.79 Å². The molecule has 6 nitrogen and oxygen atoms in total. The van der Waals surface area contributed by atoms with Crippen molar-refractivity contribution in [3.05, 3.63) is 24.0 Å². The van der Waals surface area contributed by atoms with Crippen molar-refractivity contribution < 1.29 is 14.6 Å². The molecular formula is C12H13N3O3. The van der Waals surface area contributed by atoms with Crippen LogP contribution in [0.1, 0.15) is 18.7 Å². The van der Waals surface area contributed by atoms with Gasteiger partial charge in [-0.05, 0) is 19.1 Å². The monoisotopic (exact) mass is 247 g/mol. The van der Waals surface area contributed by atoms with E-state index in [0.29, 0.717) is 16.7 Å². The van der Waals surface area contributed by atoms with Crippen LogP contribution in [0.3, 0.4) is 0 Å². The van der Waals surface area contributed by atoms with E-state index in [1.54, 1.807) is 18.2 Å². The van der Waals surface area contributed by atoms with E-state index >= 15 is 0 Å². The third-order valence-electron chi connectivity index (χ3n) is 2.71. The molecule has 0 radical (unpaired) electrons. The Bertz CT molecular complexity index is 613. The summed E-state index contributed by atoms with van der Waals surface area (Å²) in [6.45, 7) is 1.51. The van der Waals surface area contributed by atoms with Crippen LogP contribution in [0.4, 0.5) is 5.82 Å². The quantitative estimate of drug-likeness (QED) is 0.850. The van der Waals surface area contributed by atoms with E-state index in [4.69, 9.17) is 15.6 Å². The van der Waals surface area contributed by atoms with Gasteiger partial charge < -0.3 is 15.6 Å². The number of aliphatic carboxylic acids is 1. The Balaban J connectivity index is 2.70. The van der Waals surface area contributed by atoms with Gasteiger partial charge in [0.15, 0.2) is 0 Å². The standard InChI is InChI=1S/C12H13N3O3/c1-6(12(16)17)11-14-9-7(10(13)15-11)4-3-5-8(9)18-2/h3-6H,1-2H3,(H,16,17)(H2,13,14,15). The highest BCUT2D eigenvalue weighted by atomic mass is 16.5. The number of hydrogen-bond donors (Lipinski definition) is 2. The Kier molecular flexibility index (Phi) is 3.01. The van der Waals surface area contributed by atoms with E-state index in [1.807, 2.05) is 0 Å². The Morgan fingerprint density at radius 2 is 2.17 bits per heavy atom. The van der Waals surface area contributed by atoms with Crippen LogP contribution in [-0.2, 0) is 4.79 Å². The largest absolute Gasteiger partial charge is 0.494 e. The molecule has 2 aromatic rings. The Morgan fingerprint density at radius 3 is 2.78 bits per heavy atom. The lowest BCUT2D eigenvalue weighted by Gasteiger charge is -2.10. The van der Waals surface area contributed by atoms with Gasteiger partial charge >= 0.3 is 5.97 Å². The first-order valence-corrected chi connectivity index (χ1v) is 5.37. The fraction of sp³-hybridized carbons (Fsp3) is 0.250. The van der Waals surface area contributed by atoms with Crippen molar-refractivity contribution in [2.75, 3.05) is 12.8 Å². The number of rotatable bonds is 3. The number of methoxy groups -OCH3 is 1. The van der Waals surface area contributed by atoms with Gasteiger partial charge in [0.1, 0.15) is 28.8 Å². The van der Waals surface area contributed by atoms with Crippen LogP contribution in [-0.4, -0.2) is 28.2 Å². The molecular weight excluding hydrogens is 234 g/mol. The molecule has 0 saturated heterocycles. The predicted octanol–water partition coefficient (Wildman–Crippen LogP) is 1.41. The zero-order valence-corrected chi connectivity index (χ0v) is 10.0. The number of anilines is 1. The number of ether oxygens (including phenoxy) is 1. The van der Waals surface area contributed by atoms with Gasteiger partial charge in [-0.15, -0.1) is 0 Å². The van der Waals surface area contributed by atoms with Gasteiger partial charge in [-0.2, -0.15) is 0 Å². The molecule has 3 N–H and O–H groups in total. The van der Waals surface area contributed by atoms with E-state index < -0.39 is 11.9 Å². The molecule has 0 saturated carbocycles. The lowest BCUT2D eigenvalue weighted by atomic mass is 10.1. The van der Waals surface area contributed by atoms with Crippen molar-refractivity contribution >= 4 is 22.7 Å². The second-order valence-corrected chi connectivity index (χ2v) is 3.88. The maximum atomic E-state index is 10.9. The summed E-state index contributed by atoms with van der Waals surface area (Å²) >= 11 is 0. The van der Waals surface area contributed by atoms with E-state index in [-0.39, 0.29) is 11.6 Å². The van der Waals surface area contributed by atoms with Gasteiger partial charge in [-0.25, -0.2) is 9.97 Å². The van der Waals surface area contributed by atoms with Crippen molar-refractivity contribution in [2.24, 2.45) is 0 Å². The van der Waals surface area contributed by atoms with E-state index in [2.05, 4.69) is 9.97 Å². The number of hydrogen-bond acceptors (Lipinski definition) is 5. The number of aromatic nitrogens is 2. The zero-order chi connectivity index (χ0) is 13.3. The summed E-state index contributed by atoms with van der Waals surface area (Å²) in [4.78, 5) is 19.2. The van der Waals surface area contributed by atoms with E-state index in [0.717, 1.165) is 0 Å². The zero-order valence-electron chi connectivity index (χ0n) is 10.0. The smallest absolute Gasteiger partial charge is 0.313 e. The third kappa shape index (κ3) is 1.92. The van der Waals surface area contributed by atoms with Crippen LogP contribution in [0.5, 0.6) is 5.75 Å². The molecule has 0 aliphatic carbocycles. The lowest BCUT2D eigenvalue weighted by Crippen LogP contribution is -2.13. The first-order chi connectivity index (χ1) is 8.54. The first kappa shape index (κ1) is 12.1. The summed E-state index contributed by atoms with van der Waals surface area (Å²) in [6, 6.07) is 5.29. The molecule has 0 aliphatic heterocycles. The number of carbonyl (C=O) groups is 1. The SMILES string of the molecule is COc1cccc2c(N)nc(C(C)C(=O)O)nc12. The van der Waals surface area contributed by atoms with Crippen molar-refractivity contribution in [1.29, 1.82) is 0 Å². The molecule has 1 atom stereocenters. The number of carboxylic acids is 1. The minimum atomic E-state index is -0.997. The summed E-state index contributed by atoms with van der Waals surface area (Å²) in [6.07, 6.45) is 0. The van der Waals surface area contributed by atoms with Crippen molar-refractivity contribution in [3.63, 3.8) is 0 Å². The summed E-state index contributed by atoms with van der Waals surface area (Å²) in [5, 5.41) is 9.62. The molecule has 0 aliphatic rings. The van der Waals surface area contributed by atoms with Gasteiger partial charge in [0.2, 0.25) is 0 Å². The maximum absolute atomic E-state index is 10.9. The number of nitrogens with two attached hydrogens (primary N) is 1. The Labute approximate surface area is 103 Å². The molecule has 0 amide bonds. The molecule has 1 unspecified atom stereocenters. The van der Waals surface area contributed by atoms with Crippen LogP contribution < -0.4 is 10.5 Å². The molecule has 0 bridgehead atoms. The average molecular weight is 247 g/mol. The van der Waals surface area contributed by atoms with Gasteiger partial charge in [0, 0.05) is 5.39 Å². The molecule has 0 fully saturated rings. The maximum Gasteiger partial charge on any atom is 0.313 e. The molecule has 1 aromatic heterocycles. The second kappa shape index (κ2) is 4.48. The second-order valence-electron chi connectivity index (χ2n) is 3.88. The van der Waals surface area contributed by atoms with Crippen LogP contribution in [0, 0.1) is 0 Å². The number of nitrogen functional groups attached to an aromatic ring is 1. The molecule has 1 aromatic carbocycles. The number of para-hydroxylation sites is 1. The van der Waals surface area contributed by atoms with Crippen LogP contribution in [0.15, 0.2) is 18.2 Å². The predicted molar refractivity (Wildman–Crippen MR) is 66.6 cm³/mol. The molecule has 6 heteroatoms. The highest BCUT2D eigenvalue weighted by molar-refractivity contribution is 5.92. The van der Waals surface area contributed by atoms with Gasteiger partial charge in [-0.1, -0.05) is 6.07 Å². The van der Waals surface area contributed by atoms with Crippen molar-refractivity contribution in [3.8, 4) is 5.75 Å². The topological polar surface area (TPSA) is 98.3 Å². The van der Waals surface area contributed by atoms with Crippen LogP contribution in [0.2, 0.25) is 0 Å². The minimum Gasteiger partial charge on any atom is -0.494 e. The molecule has 94 valence electrons. The molecule has 2 rings (SSSR count). The number of carboxylic acid groups (broad SMARTS) is 1. The average Bonchev–Trinajstić information content (AvgIpc) is 2.37. The normalized spacial score (nSPS) is 12.3. The fourth-order valence-electron chi connectivity index (χ4n) is 1.64. The van der Waals surface area contributed by atoms with Gasteiger partial charge in [0.05, 0.1) is 7.11 Å². The first-order valence-electron chi connectivity index (χ1n) is 5.37.